The van der Waals surface area contributed by atoms with Crippen LogP contribution in [0.2, 0.25) is 0 Å². The van der Waals surface area contributed by atoms with Crippen LogP contribution < -0.4 is 11.1 Å². The quantitative estimate of drug-likeness (QED) is 0.720. The van der Waals surface area contributed by atoms with Crippen molar-refractivity contribution < 1.29 is 4.79 Å². The highest BCUT2D eigenvalue weighted by molar-refractivity contribution is 5.95. The normalized spacial score (nSPS) is 10.3. The SMILES string of the molecule is Cc1ccc(N)c(NC(=O)Cc2cc(C)[nH]n2)c1. The number of H-pyrrole nitrogens is 1. The van der Waals surface area contributed by atoms with Gasteiger partial charge in [-0.2, -0.15) is 5.10 Å². The maximum absolute atomic E-state index is 11.8. The van der Waals surface area contributed by atoms with Crippen LogP contribution in [-0.4, -0.2) is 16.1 Å². The topological polar surface area (TPSA) is 83.8 Å². The summed E-state index contributed by atoms with van der Waals surface area (Å²) in [7, 11) is 0. The average molecular weight is 244 g/mol. The Morgan fingerprint density at radius 3 is 2.83 bits per heavy atom. The van der Waals surface area contributed by atoms with Gasteiger partial charge in [0.05, 0.1) is 23.5 Å². The Bertz CT molecular complexity index is 574. The zero-order valence-corrected chi connectivity index (χ0v) is 10.4. The van der Waals surface area contributed by atoms with Crippen molar-refractivity contribution in [2.24, 2.45) is 0 Å². The summed E-state index contributed by atoms with van der Waals surface area (Å²) in [6, 6.07) is 7.38. The molecule has 0 saturated heterocycles. The van der Waals surface area contributed by atoms with Crippen LogP contribution in [0.4, 0.5) is 11.4 Å². The van der Waals surface area contributed by atoms with Gasteiger partial charge in [-0.05, 0) is 37.6 Å². The Kier molecular flexibility index (Phi) is 3.32. The fourth-order valence-corrected chi connectivity index (χ4v) is 1.70. The number of hydrogen-bond acceptors (Lipinski definition) is 3. The molecule has 0 bridgehead atoms. The van der Waals surface area contributed by atoms with E-state index in [0.29, 0.717) is 11.4 Å². The first-order valence-electron chi connectivity index (χ1n) is 5.71. The average Bonchev–Trinajstić information content (AvgIpc) is 2.69. The van der Waals surface area contributed by atoms with Crippen molar-refractivity contribution in [1.29, 1.82) is 0 Å². The summed E-state index contributed by atoms with van der Waals surface area (Å²) in [5, 5.41) is 9.61. The molecule has 1 heterocycles. The molecule has 18 heavy (non-hydrogen) atoms. The van der Waals surface area contributed by atoms with Crippen molar-refractivity contribution in [3.05, 3.63) is 41.2 Å². The molecule has 2 rings (SSSR count). The maximum Gasteiger partial charge on any atom is 0.230 e. The van der Waals surface area contributed by atoms with Gasteiger partial charge in [-0.15, -0.1) is 0 Å². The molecule has 0 aliphatic heterocycles. The summed E-state index contributed by atoms with van der Waals surface area (Å²) in [5.74, 6) is -0.126. The zero-order valence-electron chi connectivity index (χ0n) is 10.4. The minimum atomic E-state index is -0.126. The van der Waals surface area contributed by atoms with Gasteiger partial charge < -0.3 is 11.1 Å². The molecule has 0 atom stereocenters. The van der Waals surface area contributed by atoms with Gasteiger partial charge in [-0.25, -0.2) is 0 Å². The highest BCUT2D eigenvalue weighted by Gasteiger charge is 2.08. The lowest BCUT2D eigenvalue weighted by Crippen LogP contribution is -2.15. The zero-order chi connectivity index (χ0) is 13.1. The van der Waals surface area contributed by atoms with Gasteiger partial charge in [-0.3, -0.25) is 9.89 Å². The Balaban J connectivity index is 2.05. The van der Waals surface area contributed by atoms with E-state index in [2.05, 4.69) is 15.5 Å². The highest BCUT2D eigenvalue weighted by atomic mass is 16.1. The van der Waals surface area contributed by atoms with E-state index >= 15 is 0 Å². The van der Waals surface area contributed by atoms with Gasteiger partial charge in [0.1, 0.15) is 0 Å². The summed E-state index contributed by atoms with van der Waals surface area (Å²) < 4.78 is 0. The van der Waals surface area contributed by atoms with Gasteiger partial charge >= 0.3 is 0 Å². The monoisotopic (exact) mass is 244 g/mol. The number of aromatic nitrogens is 2. The number of amides is 1. The molecular formula is C13H16N4O. The second-order valence-electron chi connectivity index (χ2n) is 4.36. The predicted molar refractivity (Wildman–Crippen MR) is 71.2 cm³/mol. The number of benzene rings is 1. The fourth-order valence-electron chi connectivity index (χ4n) is 1.70. The molecule has 0 aliphatic rings. The van der Waals surface area contributed by atoms with Crippen molar-refractivity contribution >= 4 is 17.3 Å². The number of nitrogens with two attached hydrogens (primary N) is 1. The second kappa shape index (κ2) is 4.91. The number of aryl methyl sites for hydroxylation is 2. The minimum absolute atomic E-state index is 0.126. The number of nitrogens with one attached hydrogen (secondary N) is 2. The van der Waals surface area contributed by atoms with Crippen molar-refractivity contribution in [2.75, 3.05) is 11.1 Å². The lowest BCUT2D eigenvalue weighted by molar-refractivity contribution is -0.115. The molecular weight excluding hydrogens is 228 g/mol. The van der Waals surface area contributed by atoms with Crippen LogP contribution in [0, 0.1) is 13.8 Å². The smallest absolute Gasteiger partial charge is 0.230 e. The van der Waals surface area contributed by atoms with E-state index in [1.807, 2.05) is 32.0 Å². The molecule has 0 unspecified atom stereocenters. The third-order valence-electron chi connectivity index (χ3n) is 2.58. The lowest BCUT2D eigenvalue weighted by Gasteiger charge is -2.08. The molecule has 0 spiro atoms. The van der Waals surface area contributed by atoms with Gasteiger partial charge in [0, 0.05) is 5.69 Å². The molecule has 0 aliphatic carbocycles. The molecule has 1 aromatic heterocycles. The number of carbonyl (C=O) groups is 1. The number of anilines is 2. The van der Waals surface area contributed by atoms with Crippen LogP contribution >= 0.6 is 0 Å². The first-order valence-corrected chi connectivity index (χ1v) is 5.71. The standard InChI is InChI=1S/C13H16N4O/c1-8-3-4-11(14)12(5-8)15-13(18)7-10-6-9(2)16-17-10/h3-6H,7,14H2,1-2H3,(H,15,18)(H,16,17). The van der Waals surface area contributed by atoms with Gasteiger partial charge in [0.15, 0.2) is 0 Å². The number of hydrogen-bond donors (Lipinski definition) is 3. The molecule has 94 valence electrons. The van der Waals surface area contributed by atoms with E-state index in [9.17, 15) is 4.79 Å². The van der Waals surface area contributed by atoms with E-state index in [1.54, 1.807) is 6.07 Å². The van der Waals surface area contributed by atoms with Crippen molar-refractivity contribution in [2.45, 2.75) is 20.3 Å². The van der Waals surface area contributed by atoms with Crippen LogP contribution in [0.25, 0.3) is 0 Å². The van der Waals surface area contributed by atoms with E-state index in [-0.39, 0.29) is 12.3 Å². The highest BCUT2D eigenvalue weighted by Crippen LogP contribution is 2.19. The summed E-state index contributed by atoms with van der Waals surface area (Å²) >= 11 is 0. The van der Waals surface area contributed by atoms with E-state index < -0.39 is 0 Å². The van der Waals surface area contributed by atoms with Crippen LogP contribution in [-0.2, 0) is 11.2 Å². The lowest BCUT2D eigenvalue weighted by atomic mass is 10.2. The van der Waals surface area contributed by atoms with Crippen LogP contribution in [0.3, 0.4) is 0 Å². The van der Waals surface area contributed by atoms with E-state index in [1.165, 1.54) is 0 Å². The predicted octanol–water partition coefficient (Wildman–Crippen LogP) is 1.79. The van der Waals surface area contributed by atoms with Crippen molar-refractivity contribution in [3.63, 3.8) is 0 Å². The summed E-state index contributed by atoms with van der Waals surface area (Å²) in [6.07, 6.45) is 0.234. The third kappa shape index (κ3) is 2.88. The van der Waals surface area contributed by atoms with Gasteiger partial charge in [0.25, 0.3) is 0 Å². The molecule has 0 fully saturated rings. The minimum Gasteiger partial charge on any atom is -0.397 e. The number of nitrogen functional groups attached to an aromatic ring is 1. The summed E-state index contributed by atoms with van der Waals surface area (Å²) in [4.78, 5) is 11.8. The largest absolute Gasteiger partial charge is 0.397 e. The number of aromatic amines is 1. The Labute approximate surface area is 105 Å². The van der Waals surface area contributed by atoms with Crippen molar-refractivity contribution in [3.8, 4) is 0 Å². The maximum atomic E-state index is 11.8. The number of carbonyl (C=O) groups excluding carboxylic acids is 1. The summed E-state index contributed by atoms with van der Waals surface area (Å²) in [6.45, 7) is 3.85. The Morgan fingerprint density at radius 2 is 2.17 bits per heavy atom. The Hall–Kier alpha value is -2.30. The van der Waals surface area contributed by atoms with Crippen molar-refractivity contribution in [1.82, 2.24) is 10.2 Å². The summed E-state index contributed by atoms with van der Waals surface area (Å²) in [5.41, 5.74) is 9.71. The molecule has 5 nitrogen and oxygen atoms in total. The molecule has 0 saturated carbocycles. The molecule has 2 aromatic rings. The van der Waals surface area contributed by atoms with E-state index in [0.717, 1.165) is 17.0 Å². The molecule has 1 aromatic carbocycles. The van der Waals surface area contributed by atoms with Gasteiger partial charge in [-0.1, -0.05) is 6.07 Å². The van der Waals surface area contributed by atoms with Crippen LogP contribution in [0.1, 0.15) is 17.0 Å². The first kappa shape index (κ1) is 12.2. The molecule has 5 heteroatoms. The van der Waals surface area contributed by atoms with E-state index in [4.69, 9.17) is 5.73 Å². The number of rotatable bonds is 3. The molecule has 4 N–H and O–H groups in total. The fraction of sp³-hybridized carbons (Fsp3) is 0.231. The van der Waals surface area contributed by atoms with Gasteiger partial charge in [0.2, 0.25) is 5.91 Å². The Morgan fingerprint density at radius 1 is 1.39 bits per heavy atom. The second-order valence-corrected chi connectivity index (χ2v) is 4.36. The van der Waals surface area contributed by atoms with Crippen LogP contribution in [0.15, 0.2) is 24.3 Å². The molecule has 0 radical (unpaired) electrons. The first-order chi connectivity index (χ1) is 8.54. The molecule has 1 amide bonds. The van der Waals surface area contributed by atoms with Crippen LogP contribution in [0.5, 0.6) is 0 Å². The third-order valence-corrected chi connectivity index (χ3v) is 2.58. The number of nitrogens with zero attached hydrogens (tertiary/aromatic N) is 1.